The highest BCUT2D eigenvalue weighted by Crippen LogP contribution is 2.31. The Morgan fingerprint density at radius 1 is 0.941 bits per heavy atom. The quantitative estimate of drug-likeness (QED) is 0.234. The Kier molecular flexibility index (Phi) is 4.85. The van der Waals surface area contributed by atoms with Crippen LogP contribution in [-0.2, 0) is 7.05 Å². The van der Waals surface area contributed by atoms with E-state index in [4.69, 9.17) is 0 Å². The molecule has 1 aromatic carbocycles. The van der Waals surface area contributed by atoms with Crippen molar-refractivity contribution in [3.8, 4) is 28.2 Å². The molecule has 0 amide bonds. The van der Waals surface area contributed by atoms with E-state index in [2.05, 4.69) is 15.0 Å². The lowest BCUT2D eigenvalue weighted by Crippen LogP contribution is -2.24. The van der Waals surface area contributed by atoms with E-state index in [9.17, 15) is 26.7 Å². The number of nitrogens with one attached hydrogen (secondary N) is 1. The fourth-order valence-electron chi connectivity index (χ4n) is 3.76. The Morgan fingerprint density at radius 2 is 1.71 bits per heavy atom. The first-order valence-electron chi connectivity index (χ1n) is 9.89. The molecule has 0 bridgehead atoms. The molecule has 0 aliphatic carbocycles. The maximum atomic E-state index is 14.9. The van der Waals surface area contributed by atoms with E-state index in [-0.39, 0.29) is 16.8 Å². The van der Waals surface area contributed by atoms with Crippen molar-refractivity contribution in [3.63, 3.8) is 0 Å². The first-order chi connectivity index (χ1) is 16.2. The number of hydrogen-bond acceptors (Lipinski definition) is 3. The lowest BCUT2D eigenvalue weighted by Gasteiger charge is -2.13. The van der Waals surface area contributed by atoms with Gasteiger partial charge < -0.3 is 9.55 Å². The Balaban J connectivity index is 1.73. The number of H-pyrrole nitrogens is 1. The average molecular weight is 471 g/mol. The third kappa shape index (κ3) is 3.11. The summed E-state index contributed by atoms with van der Waals surface area (Å²) in [5, 5.41) is 0.258. The van der Waals surface area contributed by atoms with Gasteiger partial charge in [-0.3, -0.25) is 9.55 Å². The third-order valence-electron chi connectivity index (χ3n) is 5.57. The van der Waals surface area contributed by atoms with Crippen molar-refractivity contribution < 1.29 is 22.0 Å². The van der Waals surface area contributed by atoms with Crippen molar-refractivity contribution in [2.75, 3.05) is 0 Å². The van der Waals surface area contributed by atoms with E-state index in [1.807, 2.05) is 0 Å². The standard InChI is InChI=1S/C23H14F5N5O/c1-10-17(25)19(27)20(28)21(18(10)26)33-16(9-32(2)23(33)34)15-6-11(3-4-29-15)12-5-13-14(24)8-31-22(13)30-7-12/h3-9H,1-2H3,(H,30,31). The van der Waals surface area contributed by atoms with Crippen LogP contribution in [0.25, 0.3) is 39.2 Å². The van der Waals surface area contributed by atoms with Crippen molar-refractivity contribution in [2.24, 2.45) is 7.05 Å². The Bertz CT molecular complexity index is 1640. The van der Waals surface area contributed by atoms with Gasteiger partial charge in [-0.1, -0.05) is 0 Å². The molecule has 11 heteroatoms. The molecule has 0 aliphatic rings. The molecule has 5 aromatic rings. The van der Waals surface area contributed by atoms with E-state index in [0.29, 0.717) is 21.3 Å². The van der Waals surface area contributed by atoms with Crippen LogP contribution in [0.3, 0.4) is 0 Å². The summed E-state index contributed by atoms with van der Waals surface area (Å²) >= 11 is 0. The smallest absolute Gasteiger partial charge is 0.333 e. The number of aromatic nitrogens is 5. The minimum Gasteiger partial charge on any atom is -0.343 e. The van der Waals surface area contributed by atoms with Crippen LogP contribution >= 0.6 is 0 Å². The SMILES string of the molecule is Cc1c(F)c(F)c(F)c(-n2c(-c3cc(-c4cnc5[nH]cc(F)c5c4)ccn3)cn(C)c2=O)c1F. The highest BCUT2D eigenvalue weighted by Gasteiger charge is 2.28. The van der Waals surface area contributed by atoms with Crippen molar-refractivity contribution in [1.29, 1.82) is 0 Å². The van der Waals surface area contributed by atoms with Crippen LogP contribution in [-0.4, -0.2) is 24.1 Å². The van der Waals surface area contributed by atoms with Crippen molar-refractivity contribution in [2.45, 2.75) is 6.92 Å². The van der Waals surface area contributed by atoms with Gasteiger partial charge in [0.05, 0.1) is 16.8 Å². The molecule has 4 aromatic heterocycles. The number of rotatable bonds is 3. The number of pyridine rings is 2. The third-order valence-corrected chi connectivity index (χ3v) is 5.57. The number of aromatic amines is 1. The molecule has 0 atom stereocenters. The van der Waals surface area contributed by atoms with Gasteiger partial charge in [0.15, 0.2) is 23.3 Å². The topological polar surface area (TPSA) is 68.5 Å². The van der Waals surface area contributed by atoms with Crippen LogP contribution in [0, 0.1) is 36.0 Å². The largest absolute Gasteiger partial charge is 0.343 e. The molecule has 0 spiro atoms. The van der Waals surface area contributed by atoms with Crippen LogP contribution < -0.4 is 5.69 Å². The Hall–Kier alpha value is -4.28. The van der Waals surface area contributed by atoms with E-state index in [1.165, 1.54) is 37.9 Å². The molecule has 0 saturated carbocycles. The van der Waals surface area contributed by atoms with Gasteiger partial charge in [0.1, 0.15) is 17.2 Å². The lowest BCUT2D eigenvalue weighted by molar-refractivity contribution is 0.424. The summed E-state index contributed by atoms with van der Waals surface area (Å²) in [6.45, 7) is 0.937. The minimum atomic E-state index is -1.90. The first kappa shape index (κ1) is 21.6. The van der Waals surface area contributed by atoms with Gasteiger partial charge in [0, 0.05) is 43.0 Å². The van der Waals surface area contributed by atoms with Crippen LogP contribution in [0.4, 0.5) is 22.0 Å². The second-order valence-electron chi connectivity index (χ2n) is 7.66. The first-order valence-corrected chi connectivity index (χ1v) is 9.89. The summed E-state index contributed by atoms with van der Waals surface area (Å²) in [7, 11) is 1.33. The molecule has 0 unspecified atom stereocenters. The molecular formula is C23H14F5N5O. The summed E-state index contributed by atoms with van der Waals surface area (Å²) in [4.78, 5) is 23.8. The van der Waals surface area contributed by atoms with Crippen LogP contribution in [0.15, 0.2) is 47.8 Å². The highest BCUT2D eigenvalue weighted by molar-refractivity contribution is 5.82. The molecule has 4 heterocycles. The van der Waals surface area contributed by atoms with Crippen LogP contribution in [0.2, 0.25) is 0 Å². The summed E-state index contributed by atoms with van der Waals surface area (Å²) in [6, 6.07) is 4.66. The highest BCUT2D eigenvalue weighted by atomic mass is 19.2. The van der Waals surface area contributed by atoms with Crippen molar-refractivity contribution in [1.82, 2.24) is 24.1 Å². The van der Waals surface area contributed by atoms with Gasteiger partial charge in [0.25, 0.3) is 0 Å². The fraction of sp³-hybridized carbons (Fsp3) is 0.0870. The molecule has 34 heavy (non-hydrogen) atoms. The molecule has 0 radical (unpaired) electrons. The van der Waals surface area contributed by atoms with E-state index in [1.54, 1.807) is 12.1 Å². The number of hydrogen-bond donors (Lipinski definition) is 1. The Morgan fingerprint density at radius 3 is 2.47 bits per heavy atom. The molecule has 172 valence electrons. The molecule has 0 aliphatic heterocycles. The monoisotopic (exact) mass is 471 g/mol. The van der Waals surface area contributed by atoms with E-state index in [0.717, 1.165) is 11.5 Å². The molecule has 0 fully saturated rings. The van der Waals surface area contributed by atoms with Crippen molar-refractivity contribution in [3.05, 3.63) is 88.1 Å². The predicted molar refractivity (Wildman–Crippen MR) is 114 cm³/mol. The number of benzene rings is 1. The lowest BCUT2D eigenvalue weighted by atomic mass is 10.1. The number of imidazole rings is 1. The maximum absolute atomic E-state index is 14.9. The van der Waals surface area contributed by atoms with Crippen molar-refractivity contribution >= 4 is 11.0 Å². The molecule has 1 N–H and O–H groups in total. The molecule has 6 nitrogen and oxygen atoms in total. The number of halogens is 5. The molecule has 0 saturated heterocycles. The molecule has 5 rings (SSSR count). The molecular weight excluding hydrogens is 457 g/mol. The number of nitrogens with zero attached hydrogens (tertiary/aromatic N) is 4. The van der Waals surface area contributed by atoms with Gasteiger partial charge >= 0.3 is 5.69 Å². The zero-order valence-corrected chi connectivity index (χ0v) is 17.6. The van der Waals surface area contributed by atoms with Crippen LogP contribution in [0.5, 0.6) is 0 Å². The summed E-state index contributed by atoms with van der Waals surface area (Å²) in [5.74, 6) is -7.33. The number of aryl methyl sites for hydroxylation is 1. The van der Waals surface area contributed by atoms with Crippen LogP contribution in [0.1, 0.15) is 5.56 Å². The normalized spacial score (nSPS) is 11.5. The summed E-state index contributed by atoms with van der Waals surface area (Å²) in [6.07, 6.45) is 5.31. The van der Waals surface area contributed by atoms with Gasteiger partial charge in [-0.05, 0) is 30.7 Å². The van der Waals surface area contributed by atoms with E-state index >= 15 is 0 Å². The van der Waals surface area contributed by atoms with Gasteiger partial charge in [-0.15, -0.1) is 0 Å². The maximum Gasteiger partial charge on any atom is 0.333 e. The average Bonchev–Trinajstić information content (AvgIpc) is 3.36. The predicted octanol–water partition coefficient (Wildman–Crippen LogP) is 4.79. The second kappa shape index (κ2) is 7.65. The van der Waals surface area contributed by atoms with Gasteiger partial charge in [-0.2, -0.15) is 0 Å². The minimum absolute atomic E-state index is 0.0700. The number of fused-ring (bicyclic) bond motifs is 1. The summed E-state index contributed by atoms with van der Waals surface area (Å²) in [5.41, 5.74) is -1.31. The zero-order valence-electron chi connectivity index (χ0n) is 17.6. The van der Waals surface area contributed by atoms with Gasteiger partial charge in [0.2, 0.25) is 0 Å². The summed E-state index contributed by atoms with van der Waals surface area (Å²) < 4.78 is 73.1. The van der Waals surface area contributed by atoms with Gasteiger partial charge in [-0.25, -0.2) is 31.7 Å². The Labute approximate surface area is 188 Å². The second-order valence-corrected chi connectivity index (χ2v) is 7.66. The van der Waals surface area contributed by atoms with E-state index < -0.39 is 46.0 Å². The zero-order chi connectivity index (χ0) is 24.3. The fourth-order valence-corrected chi connectivity index (χ4v) is 3.76.